The number of hydrogen-bond donors (Lipinski definition) is 0. The molecule has 2 aromatic rings. The molecule has 0 aromatic heterocycles. The van der Waals surface area contributed by atoms with Crippen molar-refractivity contribution in [1.29, 1.82) is 0 Å². The van der Waals surface area contributed by atoms with E-state index in [1.807, 2.05) is 6.07 Å². The molecule has 0 spiro atoms. The van der Waals surface area contributed by atoms with Crippen molar-refractivity contribution >= 4 is 41.0 Å². The maximum Gasteiger partial charge on any atom is 0.329 e. The van der Waals surface area contributed by atoms with Gasteiger partial charge in [-0.1, -0.05) is 23.7 Å². The van der Waals surface area contributed by atoms with Crippen LogP contribution in [0.1, 0.15) is 22.8 Å². The van der Waals surface area contributed by atoms with Crippen molar-refractivity contribution < 1.29 is 19.1 Å². The first-order valence-electron chi connectivity index (χ1n) is 7.13. The number of hydrogen-bond acceptors (Lipinski definition) is 4. The normalized spacial score (nSPS) is 15.8. The van der Waals surface area contributed by atoms with Crippen LogP contribution in [-0.2, 0) is 4.79 Å². The Morgan fingerprint density at radius 3 is 2.75 bits per heavy atom. The molecule has 3 rings (SSSR count). The smallest absolute Gasteiger partial charge is 0.329 e. The maximum absolute atomic E-state index is 12.4. The quantitative estimate of drug-likeness (QED) is 0.349. The summed E-state index contributed by atoms with van der Waals surface area (Å²) >= 11 is 11.6. The molecule has 2 aromatic carbocycles. The van der Waals surface area contributed by atoms with Crippen LogP contribution in [0.4, 0.5) is 0 Å². The molecule has 1 unspecified atom stereocenters. The lowest BCUT2D eigenvalue weighted by atomic mass is 10.1. The Bertz CT molecular complexity index is 856. The van der Waals surface area contributed by atoms with Crippen LogP contribution in [0.2, 0.25) is 5.02 Å². The number of fused-ring (bicyclic) bond motifs is 1. The minimum atomic E-state index is -0.765. The summed E-state index contributed by atoms with van der Waals surface area (Å²) in [6.07, 6.45) is 1.61. The van der Waals surface area contributed by atoms with E-state index < -0.39 is 11.3 Å². The molecule has 1 aliphatic rings. The highest BCUT2D eigenvalue weighted by atomic mass is 35.5. The zero-order chi connectivity index (χ0) is 17.3. The SMILES string of the molecule is CC(Cl)C(=O)Oc1ccc2c(c1)O/C(=C\c1cccc(Cl)c1)C2=O. The first-order valence-corrected chi connectivity index (χ1v) is 7.95. The first-order chi connectivity index (χ1) is 11.4. The first kappa shape index (κ1) is 16.6. The van der Waals surface area contributed by atoms with Gasteiger partial charge in [0.25, 0.3) is 0 Å². The molecule has 6 heteroatoms. The van der Waals surface area contributed by atoms with Crippen LogP contribution in [0, 0.1) is 0 Å². The minimum absolute atomic E-state index is 0.182. The fourth-order valence-electron chi connectivity index (χ4n) is 2.18. The van der Waals surface area contributed by atoms with Gasteiger partial charge in [-0.15, -0.1) is 11.6 Å². The lowest BCUT2D eigenvalue weighted by Crippen LogP contribution is -2.17. The van der Waals surface area contributed by atoms with Crippen molar-refractivity contribution in [1.82, 2.24) is 0 Å². The number of ketones is 1. The molecule has 0 bridgehead atoms. The molecule has 1 atom stereocenters. The Balaban J connectivity index is 1.86. The van der Waals surface area contributed by atoms with E-state index in [1.54, 1.807) is 30.3 Å². The fraction of sp³-hybridized carbons (Fsp3) is 0.111. The van der Waals surface area contributed by atoms with Gasteiger partial charge >= 0.3 is 5.97 Å². The van der Waals surface area contributed by atoms with E-state index in [1.165, 1.54) is 19.1 Å². The maximum atomic E-state index is 12.4. The average Bonchev–Trinajstić information content (AvgIpc) is 2.83. The van der Waals surface area contributed by atoms with Crippen LogP contribution in [-0.4, -0.2) is 17.1 Å². The van der Waals surface area contributed by atoms with E-state index in [4.69, 9.17) is 32.7 Å². The van der Waals surface area contributed by atoms with E-state index in [2.05, 4.69) is 0 Å². The van der Waals surface area contributed by atoms with Crippen molar-refractivity contribution in [2.75, 3.05) is 0 Å². The minimum Gasteiger partial charge on any atom is -0.452 e. The average molecular weight is 363 g/mol. The second-order valence-corrected chi connectivity index (χ2v) is 6.28. The van der Waals surface area contributed by atoms with Crippen molar-refractivity contribution in [3.05, 3.63) is 64.4 Å². The van der Waals surface area contributed by atoms with E-state index in [-0.39, 0.29) is 17.3 Å². The zero-order valence-electron chi connectivity index (χ0n) is 12.6. The highest BCUT2D eigenvalue weighted by Gasteiger charge is 2.28. The summed E-state index contributed by atoms with van der Waals surface area (Å²) in [5.41, 5.74) is 1.16. The summed E-state index contributed by atoms with van der Waals surface area (Å²) in [5.74, 6) is -0.0329. The van der Waals surface area contributed by atoms with Crippen LogP contribution in [0.15, 0.2) is 48.2 Å². The van der Waals surface area contributed by atoms with Gasteiger partial charge in [-0.05, 0) is 42.8 Å². The van der Waals surface area contributed by atoms with Gasteiger partial charge in [0, 0.05) is 11.1 Å². The van der Waals surface area contributed by atoms with Crippen molar-refractivity contribution in [2.45, 2.75) is 12.3 Å². The fourth-order valence-corrected chi connectivity index (χ4v) is 2.42. The van der Waals surface area contributed by atoms with Gasteiger partial charge in [-0.25, -0.2) is 0 Å². The van der Waals surface area contributed by atoms with E-state index in [0.29, 0.717) is 16.3 Å². The van der Waals surface area contributed by atoms with Crippen molar-refractivity contribution in [2.24, 2.45) is 0 Å². The van der Waals surface area contributed by atoms with Gasteiger partial charge in [0.2, 0.25) is 5.78 Å². The highest BCUT2D eigenvalue weighted by Crippen LogP contribution is 2.35. The van der Waals surface area contributed by atoms with Gasteiger partial charge in [-0.3, -0.25) is 9.59 Å². The second-order valence-electron chi connectivity index (χ2n) is 5.19. The molecule has 0 saturated heterocycles. The Labute approximate surface area is 148 Å². The molecular weight excluding hydrogens is 351 g/mol. The second kappa shape index (κ2) is 6.67. The number of benzene rings is 2. The summed E-state index contributed by atoms with van der Waals surface area (Å²) < 4.78 is 10.7. The number of ether oxygens (including phenoxy) is 2. The number of alkyl halides is 1. The molecule has 122 valence electrons. The van der Waals surface area contributed by atoms with Crippen molar-refractivity contribution in [3.63, 3.8) is 0 Å². The van der Waals surface area contributed by atoms with E-state index in [0.717, 1.165) is 5.56 Å². The van der Waals surface area contributed by atoms with Gasteiger partial charge < -0.3 is 9.47 Å². The van der Waals surface area contributed by atoms with Gasteiger partial charge in [0.15, 0.2) is 5.76 Å². The predicted molar refractivity (Wildman–Crippen MR) is 91.8 cm³/mol. The van der Waals surface area contributed by atoms with Gasteiger partial charge in [0.05, 0.1) is 5.56 Å². The third-order valence-corrected chi connectivity index (χ3v) is 3.74. The molecule has 24 heavy (non-hydrogen) atoms. The number of allylic oxidation sites excluding steroid dienone is 1. The predicted octanol–water partition coefficient (Wildman–Crippen LogP) is 4.49. The number of halogens is 2. The Morgan fingerprint density at radius 2 is 2.04 bits per heavy atom. The van der Waals surface area contributed by atoms with Gasteiger partial charge in [-0.2, -0.15) is 0 Å². The standard InChI is InChI=1S/C18H12Cl2O4/c1-10(19)18(22)23-13-5-6-14-15(9-13)24-16(17(14)21)8-11-3-2-4-12(20)7-11/h2-10H,1H3/b16-8-. The Hall–Kier alpha value is -2.30. The van der Waals surface area contributed by atoms with Crippen LogP contribution in [0.5, 0.6) is 11.5 Å². The monoisotopic (exact) mass is 362 g/mol. The lowest BCUT2D eigenvalue weighted by molar-refractivity contribution is -0.133. The molecule has 0 radical (unpaired) electrons. The summed E-state index contributed by atoms with van der Waals surface area (Å²) in [6.45, 7) is 1.52. The summed E-state index contributed by atoms with van der Waals surface area (Å²) in [7, 11) is 0. The van der Waals surface area contributed by atoms with Crippen LogP contribution >= 0.6 is 23.2 Å². The number of carbonyl (C=O) groups is 2. The topological polar surface area (TPSA) is 52.6 Å². The molecule has 0 fully saturated rings. The highest BCUT2D eigenvalue weighted by molar-refractivity contribution is 6.30. The molecule has 0 aliphatic carbocycles. The lowest BCUT2D eigenvalue weighted by Gasteiger charge is -2.06. The molecule has 0 N–H and O–H groups in total. The zero-order valence-corrected chi connectivity index (χ0v) is 14.1. The number of carbonyl (C=O) groups excluding carboxylic acids is 2. The third-order valence-electron chi connectivity index (χ3n) is 3.33. The molecule has 4 nitrogen and oxygen atoms in total. The number of esters is 1. The number of rotatable bonds is 3. The molecule has 0 saturated carbocycles. The van der Waals surface area contributed by atoms with Crippen molar-refractivity contribution in [3.8, 4) is 11.5 Å². The summed E-state index contributed by atoms with van der Waals surface area (Å²) in [4.78, 5) is 23.9. The molecule has 1 heterocycles. The number of Topliss-reactive ketones (excluding diaryl/α,β-unsaturated/α-hetero) is 1. The third kappa shape index (κ3) is 3.45. The van der Waals surface area contributed by atoms with Crippen LogP contribution < -0.4 is 9.47 Å². The Kier molecular flexibility index (Phi) is 4.60. The van der Waals surface area contributed by atoms with Crippen LogP contribution in [0.3, 0.4) is 0 Å². The Morgan fingerprint density at radius 1 is 1.25 bits per heavy atom. The summed E-state index contributed by atoms with van der Waals surface area (Å²) in [6, 6.07) is 11.6. The molecular formula is C18H12Cl2O4. The molecule has 0 amide bonds. The van der Waals surface area contributed by atoms with Gasteiger partial charge in [0.1, 0.15) is 16.9 Å². The molecule has 1 aliphatic heterocycles. The van der Waals surface area contributed by atoms with E-state index >= 15 is 0 Å². The largest absolute Gasteiger partial charge is 0.452 e. The van der Waals surface area contributed by atoms with Crippen LogP contribution in [0.25, 0.3) is 6.08 Å². The van der Waals surface area contributed by atoms with E-state index in [9.17, 15) is 9.59 Å². The summed E-state index contributed by atoms with van der Waals surface area (Å²) in [5, 5.41) is -0.198.